The highest BCUT2D eigenvalue weighted by Gasteiger charge is 2.22. The van der Waals surface area contributed by atoms with Crippen LogP contribution in [0.4, 0.5) is 0 Å². The van der Waals surface area contributed by atoms with E-state index in [9.17, 15) is 19.5 Å². The molecule has 9 nitrogen and oxygen atoms in total. The van der Waals surface area contributed by atoms with Crippen LogP contribution in [0.5, 0.6) is 0 Å². The number of rotatable bonds is 55. The topological polar surface area (TPSA) is 111 Å². The quantitative estimate of drug-likeness (QED) is 0.0195. The molecule has 2 atom stereocenters. The number of carbonyl (C=O) groups is 3. The van der Waals surface area contributed by atoms with Crippen LogP contribution in [0.2, 0.25) is 0 Å². The van der Waals surface area contributed by atoms with E-state index in [-0.39, 0.29) is 32.7 Å². The number of unbranched alkanes of at least 4 members (excludes halogenated alkanes) is 12. The zero-order valence-corrected chi connectivity index (χ0v) is 51.6. The Morgan fingerprint density at radius 3 is 1.02 bits per heavy atom. The molecule has 81 heavy (non-hydrogen) atoms. The largest absolute Gasteiger partial charge is 0.545 e. The van der Waals surface area contributed by atoms with Gasteiger partial charge in [-0.1, -0.05) is 242 Å². The van der Waals surface area contributed by atoms with E-state index in [2.05, 4.69) is 184 Å². The van der Waals surface area contributed by atoms with E-state index in [4.69, 9.17) is 18.9 Å². The number of likely N-dealkylation sites (N-methyl/N-ethyl adjacent to an activating group) is 1. The summed E-state index contributed by atoms with van der Waals surface area (Å²) in [6, 6.07) is 0. The number of hydrogen-bond donors (Lipinski definition) is 0. The van der Waals surface area contributed by atoms with Crippen molar-refractivity contribution in [1.82, 2.24) is 0 Å². The minimum Gasteiger partial charge on any atom is -0.545 e. The maximum atomic E-state index is 12.9. The van der Waals surface area contributed by atoms with Gasteiger partial charge in [-0.2, -0.15) is 0 Å². The van der Waals surface area contributed by atoms with Gasteiger partial charge in [0.05, 0.1) is 40.3 Å². The normalized spacial score (nSPS) is 13.9. The van der Waals surface area contributed by atoms with Crippen molar-refractivity contribution in [1.29, 1.82) is 0 Å². The second-order valence-electron chi connectivity index (χ2n) is 21.2. The Bertz CT molecular complexity index is 1930. The van der Waals surface area contributed by atoms with Crippen LogP contribution in [0.1, 0.15) is 206 Å². The zero-order valence-electron chi connectivity index (χ0n) is 51.6. The molecule has 0 aromatic rings. The number of carboxylic acids is 1. The van der Waals surface area contributed by atoms with Crippen molar-refractivity contribution in [3.63, 3.8) is 0 Å². The number of carbonyl (C=O) groups excluding carboxylic acids is 3. The van der Waals surface area contributed by atoms with Crippen molar-refractivity contribution >= 4 is 17.9 Å². The number of ether oxygens (including phenoxy) is 4. The molecule has 0 saturated carbocycles. The molecule has 0 heterocycles. The molecule has 0 bridgehead atoms. The molecule has 0 saturated heterocycles. The van der Waals surface area contributed by atoms with Crippen molar-refractivity contribution in [2.24, 2.45) is 0 Å². The number of esters is 2. The van der Waals surface area contributed by atoms with Crippen LogP contribution in [0.3, 0.4) is 0 Å². The number of carboxylic acid groups (broad SMARTS) is 1. The summed E-state index contributed by atoms with van der Waals surface area (Å²) in [4.78, 5) is 37.4. The molecule has 0 N–H and O–H groups in total. The molecule has 2 unspecified atom stereocenters. The lowest BCUT2D eigenvalue weighted by molar-refractivity contribution is -0.870. The van der Waals surface area contributed by atoms with Gasteiger partial charge in [-0.3, -0.25) is 9.59 Å². The lowest BCUT2D eigenvalue weighted by Crippen LogP contribution is -2.44. The summed E-state index contributed by atoms with van der Waals surface area (Å²) in [6.45, 7) is 4.42. The average Bonchev–Trinajstić information content (AvgIpc) is 3.44. The van der Waals surface area contributed by atoms with Gasteiger partial charge in [0.25, 0.3) is 0 Å². The van der Waals surface area contributed by atoms with Crippen molar-refractivity contribution in [2.75, 3.05) is 47.5 Å². The average molecular weight is 1120 g/mol. The Morgan fingerprint density at radius 1 is 0.370 bits per heavy atom. The van der Waals surface area contributed by atoms with Crippen LogP contribution in [0.25, 0.3) is 0 Å². The first-order chi connectivity index (χ1) is 39.6. The maximum Gasteiger partial charge on any atom is 0.306 e. The predicted octanol–water partition coefficient (Wildman–Crippen LogP) is 17.8. The Balaban J connectivity index is 4.32. The molecule has 9 heteroatoms. The molecule has 0 radical (unpaired) electrons. The van der Waals surface area contributed by atoms with Crippen LogP contribution >= 0.6 is 0 Å². The summed E-state index contributed by atoms with van der Waals surface area (Å²) in [5, 5.41) is 11.8. The SMILES string of the molecule is CC/C=C\C/C=C\C/C=C\C/C=C\C/C=C\C/C=C\C/C=C\CCCCCCCCCCCCCC(=O)OC(COC(=O)CCC/C=C\C/C=C\C/C=C\C/C=C\C/C=C\C/C=C\C/C=C\CC)COC(OCC[N+](C)(C)C)C(=O)[O-]. The van der Waals surface area contributed by atoms with Gasteiger partial charge in [0, 0.05) is 12.8 Å². The fourth-order valence-electron chi connectivity index (χ4n) is 7.74. The number of allylic oxidation sites excluding steroid dienone is 28. The first kappa shape index (κ1) is 75.7. The summed E-state index contributed by atoms with van der Waals surface area (Å²) in [7, 11) is 5.89. The first-order valence-corrected chi connectivity index (χ1v) is 31.3. The van der Waals surface area contributed by atoms with Crippen LogP contribution in [0, 0.1) is 0 Å². The van der Waals surface area contributed by atoms with Gasteiger partial charge >= 0.3 is 11.9 Å². The predicted molar refractivity (Wildman–Crippen MR) is 342 cm³/mol. The Kier molecular flexibility index (Phi) is 56.7. The number of quaternary nitrogens is 1. The summed E-state index contributed by atoms with van der Waals surface area (Å²) >= 11 is 0. The van der Waals surface area contributed by atoms with E-state index in [0.717, 1.165) is 122 Å². The van der Waals surface area contributed by atoms with Gasteiger partial charge in [0.2, 0.25) is 0 Å². The lowest BCUT2D eigenvalue weighted by Gasteiger charge is -2.26. The van der Waals surface area contributed by atoms with Gasteiger partial charge < -0.3 is 33.3 Å². The van der Waals surface area contributed by atoms with Crippen LogP contribution in [-0.4, -0.2) is 82.3 Å². The molecular weight excluding hydrogens is 1010 g/mol. The van der Waals surface area contributed by atoms with E-state index in [1.807, 2.05) is 21.1 Å². The first-order valence-electron chi connectivity index (χ1n) is 31.3. The van der Waals surface area contributed by atoms with Crippen molar-refractivity contribution in [2.45, 2.75) is 219 Å². The molecule has 454 valence electrons. The van der Waals surface area contributed by atoms with Crippen molar-refractivity contribution in [3.05, 3.63) is 170 Å². The number of aliphatic carboxylic acids is 1. The minimum atomic E-state index is -1.65. The van der Waals surface area contributed by atoms with Gasteiger partial charge in [-0.15, -0.1) is 0 Å². The fourth-order valence-corrected chi connectivity index (χ4v) is 7.74. The molecule has 0 amide bonds. The highest BCUT2D eigenvalue weighted by molar-refractivity contribution is 5.70. The summed E-state index contributed by atoms with van der Waals surface area (Å²) < 4.78 is 22.6. The number of nitrogens with zero attached hydrogens (tertiary/aromatic N) is 1. The third-order valence-corrected chi connectivity index (χ3v) is 12.5. The molecule has 0 spiro atoms. The Labute approximate surface area is 495 Å². The third-order valence-electron chi connectivity index (χ3n) is 12.5. The van der Waals surface area contributed by atoms with E-state index in [1.165, 1.54) is 44.9 Å². The van der Waals surface area contributed by atoms with E-state index in [0.29, 0.717) is 23.9 Å². The summed E-state index contributed by atoms with van der Waals surface area (Å²) in [6.07, 6.45) is 88.4. The van der Waals surface area contributed by atoms with E-state index >= 15 is 0 Å². The lowest BCUT2D eigenvalue weighted by atomic mass is 10.0. The molecule has 0 fully saturated rings. The molecule has 0 aliphatic heterocycles. The molecule has 0 rings (SSSR count). The highest BCUT2D eigenvalue weighted by atomic mass is 16.7. The Morgan fingerprint density at radius 2 is 0.679 bits per heavy atom. The molecule has 0 aromatic carbocycles. The third kappa shape index (κ3) is 62.1. The second-order valence-corrected chi connectivity index (χ2v) is 21.2. The zero-order chi connectivity index (χ0) is 59.1. The monoisotopic (exact) mass is 1120 g/mol. The molecule has 0 aromatic heterocycles. The van der Waals surface area contributed by atoms with Crippen LogP contribution in [0.15, 0.2) is 170 Å². The smallest absolute Gasteiger partial charge is 0.306 e. The van der Waals surface area contributed by atoms with Gasteiger partial charge in [0.15, 0.2) is 12.4 Å². The van der Waals surface area contributed by atoms with Crippen molar-refractivity contribution in [3.8, 4) is 0 Å². The van der Waals surface area contributed by atoms with Gasteiger partial charge in [-0.05, 0) is 122 Å². The van der Waals surface area contributed by atoms with Gasteiger partial charge in [0.1, 0.15) is 13.2 Å². The maximum absolute atomic E-state index is 12.9. The van der Waals surface area contributed by atoms with Crippen LogP contribution < -0.4 is 5.11 Å². The summed E-state index contributed by atoms with van der Waals surface area (Å²) in [5.74, 6) is -2.39. The van der Waals surface area contributed by atoms with Gasteiger partial charge in [-0.25, -0.2) is 0 Å². The van der Waals surface area contributed by atoms with Crippen LogP contribution in [-0.2, 0) is 33.3 Å². The second kappa shape index (κ2) is 60.7. The van der Waals surface area contributed by atoms with Crippen molar-refractivity contribution < 1.29 is 42.9 Å². The molecule has 0 aliphatic carbocycles. The summed E-state index contributed by atoms with van der Waals surface area (Å²) in [5.41, 5.74) is 0. The number of hydrogen-bond acceptors (Lipinski definition) is 8. The fraction of sp³-hybridized carbons (Fsp3) is 0.569. The van der Waals surface area contributed by atoms with E-state index < -0.39 is 30.3 Å². The Hall–Kier alpha value is -5.35. The molecule has 0 aliphatic rings. The molecular formula is C72H113NO8. The van der Waals surface area contributed by atoms with E-state index in [1.54, 1.807) is 0 Å². The highest BCUT2D eigenvalue weighted by Crippen LogP contribution is 2.14. The standard InChI is InChI=1S/C72H113NO8/c1-6-8-10-12-14-16-18-20-22-24-26-28-30-31-32-33-34-35-36-37-38-39-41-43-45-47-49-51-53-55-57-59-61-63-70(75)81-68(67-80-72(71(76)77)78-65-64-73(3,4)5)66-79-69(74)62-60-58-56-54-52-50-48-46-44-42-40-29-27-25-23-21-19-17-15-13-11-9-7-2/h8-11,14-17,20-23,26-29,31-32,34-35,37-38,42,44,48,50,54,56,68,72H,6-7,12-13,18-19,24-25,30,33,36,39-41,43,45-47,49,51-53,55,57-67H2,1-5H3/b10-8-,11-9-,16-14-,17-15-,22-20-,23-21-,28-26-,29-27-,32-31-,35-34-,38-37-,44-42-,50-48-,56-54-. The minimum absolute atomic E-state index is 0.128.